The van der Waals surface area contributed by atoms with E-state index in [1.54, 1.807) is 24.0 Å². The van der Waals surface area contributed by atoms with E-state index in [0.29, 0.717) is 26.2 Å². The van der Waals surface area contributed by atoms with Gasteiger partial charge >= 0.3 is 0 Å². The van der Waals surface area contributed by atoms with Crippen molar-refractivity contribution >= 4 is 17.3 Å². The zero-order valence-electron chi connectivity index (χ0n) is 11.4. The van der Waals surface area contributed by atoms with Gasteiger partial charge in [-0.2, -0.15) is 0 Å². The van der Waals surface area contributed by atoms with E-state index in [-0.39, 0.29) is 11.6 Å². The van der Waals surface area contributed by atoms with Crippen molar-refractivity contribution in [2.24, 2.45) is 5.73 Å². The third-order valence-corrected chi connectivity index (χ3v) is 3.41. The van der Waals surface area contributed by atoms with Gasteiger partial charge in [-0.15, -0.1) is 0 Å². The number of piperazine rings is 1. The SMILES string of the molecule is CC(N)C(=O)N1CCN(c2ccc([N+](=O)[O-])cc2)CC1. The Labute approximate surface area is 117 Å². The molecule has 20 heavy (non-hydrogen) atoms. The fourth-order valence-electron chi connectivity index (χ4n) is 2.26. The van der Waals surface area contributed by atoms with Gasteiger partial charge in [0.2, 0.25) is 5.91 Å². The van der Waals surface area contributed by atoms with Crippen molar-refractivity contribution in [1.82, 2.24) is 4.90 Å². The number of rotatable bonds is 3. The molecule has 1 amide bonds. The average molecular weight is 278 g/mol. The first-order chi connectivity index (χ1) is 9.49. The van der Waals surface area contributed by atoms with Crippen molar-refractivity contribution in [2.75, 3.05) is 31.1 Å². The molecule has 0 radical (unpaired) electrons. The number of hydrogen-bond donors (Lipinski definition) is 1. The van der Waals surface area contributed by atoms with E-state index in [4.69, 9.17) is 5.73 Å². The van der Waals surface area contributed by atoms with Gasteiger partial charge in [-0.1, -0.05) is 0 Å². The Bertz CT molecular complexity index is 493. The van der Waals surface area contributed by atoms with Gasteiger partial charge in [0, 0.05) is 44.0 Å². The fourth-order valence-corrected chi connectivity index (χ4v) is 2.26. The second-order valence-corrected chi connectivity index (χ2v) is 4.87. The van der Waals surface area contributed by atoms with E-state index >= 15 is 0 Å². The maximum atomic E-state index is 11.8. The number of benzene rings is 1. The lowest BCUT2D eigenvalue weighted by atomic mass is 10.2. The molecule has 1 aromatic carbocycles. The van der Waals surface area contributed by atoms with E-state index in [9.17, 15) is 14.9 Å². The number of hydrogen-bond acceptors (Lipinski definition) is 5. The summed E-state index contributed by atoms with van der Waals surface area (Å²) < 4.78 is 0. The summed E-state index contributed by atoms with van der Waals surface area (Å²) in [6, 6.07) is 5.99. The highest BCUT2D eigenvalue weighted by atomic mass is 16.6. The zero-order valence-corrected chi connectivity index (χ0v) is 11.4. The molecule has 1 fully saturated rings. The lowest BCUT2D eigenvalue weighted by Crippen LogP contribution is -2.52. The molecule has 2 rings (SSSR count). The van der Waals surface area contributed by atoms with Gasteiger partial charge in [0.1, 0.15) is 0 Å². The highest BCUT2D eigenvalue weighted by Crippen LogP contribution is 2.20. The Balaban J connectivity index is 1.97. The number of carbonyl (C=O) groups is 1. The third kappa shape index (κ3) is 3.05. The number of nitro groups is 1. The number of carbonyl (C=O) groups excluding carboxylic acids is 1. The standard InChI is InChI=1S/C13H18N4O3/c1-10(14)13(18)16-8-6-15(7-9-16)11-2-4-12(5-3-11)17(19)20/h2-5,10H,6-9,14H2,1H3. The summed E-state index contributed by atoms with van der Waals surface area (Å²) in [7, 11) is 0. The van der Waals surface area contributed by atoms with Crippen LogP contribution in [0.1, 0.15) is 6.92 Å². The molecule has 0 spiro atoms. The number of anilines is 1. The minimum Gasteiger partial charge on any atom is -0.368 e. The van der Waals surface area contributed by atoms with Crippen molar-refractivity contribution in [3.8, 4) is 0 Å². The van der Waals surface area contributed by atoms with Crippen LogP contribution in [0.2, 0.25) is 0 Å². The molecule has 0 bridgehead atoms. The summed E-state index contributed by atoms with van der Waals surface area (Å²) in [5, 5.41) is 10.6. The molecule has 7 heteroatoms. The molecule has 2 N–H and O–H groups in total. The highest BCUT2D eigenvalue weighted by molar-refractivity contribution is 5.81. The summed E-state index contributed by atoms with van der Waals surface area (Å²) in [6.07, 6.45) is 0. The summed E-state index contributed by atoms with van der Waals surface area (Å²) in [5.74, 6) is -0.0339. The van der Waals surface area contributed by atoms with Crippen LogP contribution in [0.3, 0.4) is 0 Å². The molecular formula is C13H18N4O3. The first-order valence-corrected chi connectivity index (χ1v) is 6.53. The summed E-state index contributed by atoms with van der Waals surface area (Å²) in [4.78, 5) is 25.8. The normalized spacial score (nSPS) is 16.9. The molecule has 1 atom stereocenters. The van der Waals surface area contributed by atoms with Crippen LogP contribution >= 0.6 is 0 Å². The van der Waals surface area contributed by atoms with Crippen LogP contribution in [0, 0.1) is 10.1 Å². The molecular weight excluding hydrogens is 260 g/mol. The predicted molar refractivity (Wildman–Crippen MR) is 75.5 cm³/mol. The van der Waals surface area contributed by atoms with Crippen LogP contribution < -0.4 is 10.6 Å². The molecule has 0 aliphatic carbocycles. The molecule has 1 aliphatic rings. The number of non-ortho nitro benzene ring substituents is 1. The van der Waals surface area contributed by atoms with Gasteiger partial charge in [0.25, 0.3) is 5.69 Å². The third-order valence-electron chi connectivity index (χ3n) is 3.41. The predicted octanol–water partition coefficient (Wildman–Crippen LogP) is 0.591. The number of nitrogens with zero attached hydrogens (tertiary/aromatic N) is 3. The summed E-state index contributed by atoms with van der Waals surface area (Å²) in [5.41, 5.74) is 6.61. The number of nitro benzene ring substituents is 1. The first-order valence-electron chi connectivity index (χ1n) is 6.53. The van der Waals surface area contributed by atoms with Crippen LogP contribution in [0.5, 0.6) is 0 Å². The van der Waals surface area contributed by atoms with E-state index < -0.39 is 11.0 Å². The molecule has 1 heterocycles. The molecule has 1 saturated heterocycles. The van der Waals surface area contributed by atoms with Crippen LogP contribution in [0.15, 0.2) is 24.3 Å². The molecule has 1 aromatic rings. The minimum absolute atomic E-state index is 0.0339. The van der Waals surface area contributed by atoms with Gasteiger partial charge in [-0.25, -0.2) is 0 Å². The number of amides is 1. The van der Waals surface area contributed by atoms with Crippen LogP contribution in [0.4, 0.5) is 11.4 Å². The second kappa shape index (κ2) is 5.87. The Morgan fingerprint density at radius 3 is 2.25 bits per heavy atom. The zero-order chi connectivity index (χ0) is 14.7. The first kappa shape index (κ1) is 14.3. The molecule has 1 aliphatic heterocycles. The summed E-state index contributed by atoms with van der Waals surface area (Å²) in [6.45, 7) is 4.34. The molecule has 1 unspecified atom stereocenters. The summed E-state index contributed by atoms with van der Waals surface area (Å²) >= 11 is 0. The van der Waals surface area contributed by atoms with E-state index in [1.807, 2.05) is 0 Å². The highest BCUT2D eigenvalue weighted by Gasteiger charge is 2.23. The van der Waals surface area contributed by atoms with Crippen molar-refractivity contribution in [3.63, 3.8) is 0 Å². The van der Waals surface area contributed by atoms with Gasteiger partial charge in [-0.05, 0) is 19.1 Å². The largest absolute Gasteiger partial charge is 0.368 e. The van der Waals surface area contributed by atoms with Crippen molar-refractivity contribution < 1.29 is 9.72 Å². The van der Waals surface area contributed by atoms with Crippen LogP contribution in [0.25, 0.3) is 0 Å². The Morgan fingerprint density at radius 2 is 1.80 bits per heavy atom. The van der Waals surface area contributed by atoms with E-state index in [2.05, 4.69) is 4.90 Å². The monoisotopic (exact) mass is 278 g/mol. The minimum atomic E-state index is -0.471. The van der Waals surface area contributed by atoms with Gasteiger partial charge in [0.15, 0.2) is 0 Å². The van der Waals surface area contributed by atoms with Gasteiger partial charge in [-0.3, -0.25) is 14.9 Å². The maximum absolute atomic E-state index is 11.8. The van der Waals surface area contributed by atoms with E-state index in [0.717, 1.165) is 5.69 Å². The smallest absolute Gasteiger partial charge is 0.269 e. The van der Waals surface area contributed by atoms with Crippen molar-refractivity contribution in [1.29, 1.82) is 0 Å². The Hall–Kier alpha value is -2.15. The van der Waals surface area contributed by atoms with Gasteiger partial charge in [0.05, 0.1) is 11.0 Å². The number of nitrogens with two attached hydrogens (primary N) is 1. The molecule has 7 nitrogen and oxygen atoms in total. The molecule has 108 valence electrons. The quantitative estimate of drug-likeness (QED) is 0.645. The maximum Gasteiger partial charge on any atom is 0.269 e. The molecule has 0 aromatic heterocycles. The Morgan fingerprint density at radius 1 is 1.25 bits per heavy atom. The van der Waals surface area contributed by atoms with Crippen LogP contribution in [-0.4, -0.2) is 48.0 Å². The topological polar surface area (TPSA) is 92.7 Å². The lowest BCUT2D eigenvalue weighted by Gasteiger charge is -2.36. The van der Waals surface area contributed by atoms with Crippen LogP contribution in [-0.2, 0) is 4.79 Å². The second-order valence-electron chi connectivity index (χ2n) is 4.87. The fraction of sp³-hybridized carbons (Fsp3) is 0.462. The Kier molecular flexibility index (Phi) is 4.19. The average Bonchev–Trinajstić information content (AvgIpc) is 2.46. The van der Waals surface area contributed by atoms with E-state index in [1.165, 1.54) is 12.1 Å². The lowest BCUT2D eigenvalue weighted by molar-refractivity contribution is -0.384. The molecule has 0 saturated carbocycles. The van der Waals surface area contributed by atoms with Gasteiger partial charge < -0.3 is 15.5 Å². The van der Waals surface area contributed by atoms with Crippen molar-refractivity contribution in [2.45, 2.75) is 13.0 Å². The van der Waals surface area contributed by atoms with Crippen molar-refractivity contribution in [3.05, 3.63) is 34.4 Å².